The summed E-state index contributed by atoms with van der Waals surface area (Å²) in [5.74, 6) is -2.73. The first kappa shape index (κ1) is 15.2. The third kappa shape index (κ3) is 2.94. The summed E-state index contributed by atoms with van der Waals surface area (Å²) in [6, 6.07) is 3.31. The minimum atomic E-state index is -4.04. The van der Waals surface area contributed by atoms with Crippen molar-refractivity contribution in [3.63, 3.8) is 0 Å². The smallest absolute Gasteiger partial charge is 0.307 e. The number of carboxylic acids is 1. The second kappa shape index (κ2) is 5.67. The number of carboxylic acid groups (broad SMARTS) is 1. The van der Waals surface area contributed by atoms with Crippen molar-refractivity contribution in [3.05, 3.63) is 29.0 Å². The van der Waals surface area contributed by atoms with Gasteiger partial charge >= 0.3 is 5.97 Å². The molecule has 1 atom stereocenters. The Balaban J connectivity index is 2.32. The molecule has 0 saturated carbocycles. The van der Waals surface area contributed by atoms with Gasteiger partial charge in [-0.15, -0.1) is 0 Å². The minimum absolute atomic E-state index is 0.100. The molecule has 1 fully saturated rings. The summed E-state index contributed by atoms with van der Waals surface area (Å²) in [7, 11) is -4.04. The molecule has 20 heavy (non-hydrogen) atoms. The fraction of sp³-hybridized carbons (Fsp3) is 0.417. The second-order valence-electron chi connectivity index (χ2n) is 4.62. The maximum atomic E-state index is 13.8. The van der Waals surface area contributed by atoms with E-state index in [1.165, 1.54) is 6.07 Å². The molecule has 0 unspecified atom stereocenters. The molecular weight excluding hydrogens is 309 g/mol. The lowest BCUT2D eigenvalue weighted by atomic mass is 10.0. The van der Waals surface area contributed by atoms with E-state index in [9.17, 15) is 17.6 Å². The fourth-order valence-corrected chi connectivity index (χ4v) is 3.91. The molecule has 110 valence electrons. The normalized spacial score (nSPS) is 20.8. The van der Waals surface area contributed by atoms with Crippen LogP contribution in [0.2, 0.25) is 5.02 Å². The lowest BCUT2D eigenvalue weighted by Crippen LogP contribution is -2.42. The third-order valence-electron chi connectivity index (χ3n) is 3.25. The highest BCUT2D eigenvalue weighted by atomic mass is 35.5. The van der Waals surface area contributed by atoms with Gasteiger partial charge in [0.15, 0.2) is 0 Å². The number of carbonyl (C=O) groups is 1. The van der Waals surface area contributed by atoms with Crippen LogP contribution in [0.5, 0.6) is 0 Å². The van der Waals surface area contributed by atoms with Crippen molar-refractivity contribution in [2.24, 2.45) is 5.92 Å². The van der Waals surface area contributed by atoms with Crippen LogP contribution in [-0.2, 0) is 14.8 Å². The Kier molecular flexibility index (Phi) is 4.31. The van der Waals surface area contributed by atoms with Gasteiger partial charge in [0.05, 0.1) is 5.92 Å². The summed E-state index contributed by atoms with van der Waals surface area (Å²) in [5, 5.41) is 9.07. The van der Waals surface area contributed by atoms with Crippen molar-refractivity contribution < 1.29 is 22.7 Å². The predicted molar refractivity (Wildman–Crippen MR) is 70.5 cm³/mol. The zero-order chi connectivity index (χ0) is 14.9. The van der Waals surface area contributed by atoms with E-state index in [4.69, 9.17) is 16.7 Å². The number of rotatable bonds is 3. The molecule has 1 aromatic rings. The highest BCUT2D eigenvalue weighted by Gasteiger charge is 2.34. The van der Waals surface area contributed by atoms with Gasteiger partial charge in [-0.3, -0.25) is 4.79 Å². The number of halogens is 2. The molecule has 5 nitrogen and oxygen atoms in total. The van der Waals surface area contributed by atoms with E-state index < -0.39 is 32.6 Å². The number of hydrogen-bond donors (Lipinski definition) is 1. The van der Waals surface area contributed by atoms with Crippen LogP contribution in [-0.4, -0.2) is 36.9 Å². The van der Waals surface area contributed by atoms with Crippen LogP contribution in [0.4, 0.5) is 4.39 Å². The lowest BCUT2D eigenvalue weighted by Gasteiger charge is -2.29. The van der Waals surface area contributed by atoms with Crippen LogP contribution in [0.25, 0.3) is 0 Å². The van der Waals surface area contributed by atoms with E-state index in [1.54, 1.807) is 0 Å². The summed E-state index contributed by atoms with van der Waals surface area (Å²) in [4.78, 5) is 10.5. The molecule has 0 bridgehead atoms. The number of aliphatic carboxylic acids is 1. The van der Waals surface area contributed by atoms with Gasteiger partial charge in [0, 0.05) is 18.1 Å². The van der Waals surface area contributed by atoms with Crippen molar-refractivity contribution >= 4 is 27.6 Å². The van der Waals surface area contributed by atoms with Gasteiger partial charge in [-0.05, 0) is 31.0 Å². The molecule has 2 rings (SSSR count). The van der Waals surface area contributed by atoms with Crippen molar-refractivity contribution in [3.8, 4) is 0 Å². The molecule has 0 spiro atoms. The first-order valence-corrected chi connectivity index (χ1v) is 7.82. The van der Waals surface area contributed by atoms with E-state index in [0.29, 0.717) is 12.8 Å². The van der Waals surface area contributed by atoms with Gasteiger partial charge in [0.2, 0.25) is 10.0 Å². The van der Waals surface area contributed by atoms with Gasteiger partial charge in [0.1, 0.15) is 10.7 Å². The quantitative estimate of drug-likeness (QED) is 0.923. The average molecular weight is 322 g/mol. The van der Waals surface area contributed by atoms with Gasteiger partial charge < -0.3 is 5.11 Å². The monoisotopic (exact) mass is 321 g/mol. The Morgan fingerprint density at radius 1 is 1.45 bits per heavy atom. The van der Waals surface area contributed by atoms with E-state index in [1.807, 2.05) is 0 Å². The Labute approximate surface area is 121 Å². The SMILES string of the molecule is O=C(O)[C@@H]1CCCN(S(=O)(=O)c2ccc(Cl)cc2F)C1. The van der Waals surface area contributed by atoms with Crippen LogP contribution >= 0.6 is 11.6 Å². The predicted octanol–water partition coefficient (Wildman–Crippen LogP) is 1.96. The van der Waals surface area contributed by atoms with Crippen LogP contribution in [0.1, 0.15) is 12.8 Å². The standard InChI is InChI=1S/C12H13ClFNO4S/c13-9-3-4-11(10(14)6-9)20(18,19)15-5-1-2-8(7-15)12(16)17/h3-4,6,8H,1-2,5,7H2,(H,16,17)/t8-/m1/s1. The molecule has 0 aromatic heterocycles. The van der Waals surface area contributed by atoms with E-state index >= 15 is 0 Å². The highest BCUT2D eigenvalue weighted by Crippen LogP contribution is 2.26. The van der Waals surface area contributed by atoms with Crippen LogP contribution < -0.4 is 0 Å². The Morgan fingerprint density at radius 3 is 2.75 bits per heavy atom. The second-order valence-corrected chi connectivity index (χ2v) is 6.96. The van der Waals surface area contributed by atoms with Crippen molar-refractivity contribution in [2.45, 2.75) is 17.7 Å². The van der Waals surface area contributed by atoms with Gasteiger partial charge in [0.25, 0.3) is 0 Å². The molecule has 1 heterocycles. The number of nitrogens with zero attached hydrogens (tertiary/aromatic N) is 1. The number of piperidine rings is 1. The Hall–Kier alpha value is -1.18. The lowest BCUT2D eigenvalue weighted by molar-refractivity contribution is -0.142. The molecule has 0 amide bonds. The van der Waals surface area contributed by atoms with Crippen LogP contribution in [0, 0.1) is 11.7 Å². The zero-order valence-corrected chi connectivity index (χ0v) is 12.0. The summed E-state index contributed by atoms with van der Waals surface area (Å²) < 4.78 is 39.4. The largest absolute Gasteiger partial charge is 0.481 e. The van der Waals surface area contributed by atoms with E-state index in [-0.39, 0.29) is 18.1 Å². The number of hydrogen-bond acceptors (Lipinski definition) is 3. The van der Waals surface area contributed by atoms with Crippen LogP contribution in [0.15, 0.2) is 23.1 Å². The summed E-state index contributed by atoms with van der Waals surface area (Å²) in [6.07, 6.45) is 0.857. The fourth-order valence-electron chi connectivity index (χ4n) is 2.19. The molecule has 0 aliphatic carbocycles. The molecule has 1 N–H and O–H groups in total. The minimum Gasteiger partial charge on any atom is -0.481 e. The topological polar surface area (TPSA) is 74.7 Å². The van der Waals surface area contributed by atoms with E-state index in [2.05, 4.69) is 0 Å². The van der Waals surface area contributed by atoms with Gasteiger partial charge in [-0.1, -0.05) is 11.6 Å². The van der Waals surface area contributed by atoms with Gasteiger partial charge in [-0.2, -0.15) is 4.31 Å². The van der Waals surface area contributed by atoms with E-state index in [0.717, 1.165) is 16.4 Å². The van der Waals surface area contributed by atoms with Gasteiger partial charge in [-0.25, -0.2) is 12.8 Å². The first-order valence-electron chi connectivity index (χ1n) is 6.00. The van der Waals surface area contributed by atoms with Crippen molar-refractivity contribution in [2.75, 3.05) is 13.1 Å². The van der Waals surface area contributed by atoms with Crippen LogP contribution in [0.3, 0.4) is 0 Å². The maximum absolute atomic E-state index is 13.8. The molecule has 0 radical (unpaired) electrons. The molecule has 1 aliphatic rings. The number of benzene rings is 1. The average Bonchev–Trinajstić information content (AvgIpc) is 2.38. The molecule has 8 heteroatoms. The first-order chi connectivity index (χ1) is 9.32. The summed E-state index contributed by atoms with van der Waals surface area (Å²) in [5.41, 5.74) is 0. The van der Waals surface area contributed by atoms with Crippen molar-refractivity contribution in [1.29, 1.82) is 0 Å². The molecule has 1 aliphatic heterocycles. The maximum Gasteiger partial charge on any atom is 0.307 e. The molecule has 1 saturated heterocycles. The number of sulfonamides is 1. The summed E-state index contributed by atoms with van der Waals surface area (Å²) >= 11 is 5.59. The Morgan fingerprint density at radius 2 is 2.15 bits per heavy atom. The molecular formula is C12H13ClFNO4S. The van der Waals surface area contributed by atoms with Crippen molar-refractivity contribution in [1.82, 2.24) is 4.31 Å². The molecule has 1 aromatic carbocycles. The third-order valence-corrected chi connectivity index (χ3v) is 5.38. The summed E-state index contributed by atoms with van der Waals surface area (Å²) in [6.45, 7) is 0.0495. The highest BCUT2D eigenvalue weighted by molar-refractivity contribution is 7.89. The zero-order valence-electron chi connectivity index (χ0n) is 10.4. The Bertz CT molecular complexity index is 634.